The Morgan fingerprint density at radius 2 is 1.94 bits per heavy atom. The smallest absolute Gasteiger partial charge is 0.320 e. The SMILES string of the molecule is CC(C)(CCCO)CNS(=O)(=O)CC(=O)O. The van der Waals surface area contributed by atoms with Gasteiger partial charge in [-0.1, -0.05) is 13.8 Å². The Kier molecular flexibility index (Phi) is 5.91. The molecule has 0 saturated heterocycles. The molecule has 0 radical (unpaired) electrons. The molecule has 0 aromatic heterocycles. The van der Waals surface area contributed by atoms with Gasteiger partial charge in [0.05, 0.1) is 0 Å². The van der Waals surface area contributed by atoms with E-state index in [-0.39, 0.29) is 18.6 Å². The van der Waals surface area contributed by atoms with Gasteiger partial charge in [-0.25, -0.2) is 13.1 Å². The fraction of sp³-hybridized carbons (Fsp3) is 0.889. The van der Waals surface area contributed by atoms with Crippen LogP contribution < -0.4 is 4.72 Å². The summed E-state index contributed by atoms with van der Waals surface area (Å²) in [7, 11) is -3.75. The second-order valence-electron chi connectivity index (χ2n) is 4.47. The van der Waals surface area contributed by atoms with E-state index in [9.17, 15) is 13.2 Å². The monoisotopic (exact) mass is 253 g/mol. The molecule has 0 spiro atoms. The minimum Gasteiger partial charge on any atom is -0.480 e. The summed E-state index contributed by atoms with van der Waals surface area (Å²) in [6, 6.07) is 0. The summed E-state index contributed by atoms with van der Waals surface area (Å²) in [6.45, 7) is 3.94. The topological polar surface area (TPSA) is 104 Å². The highest BCUT2D eigenvalue weighted by Gasteiger charge is 2.22. The fourth-order valence-corrected chi connectivity index (χ4v) is 2.20. The van der Waals surface area contributed by atoms with E-state index in [1.807, 2.05) is 13.8 Å². The van der Waals surface area contributed by atoms with Crippen LogP contribution in [0.3, 0.4) is 0 Å². The van der Waals surface area contributed by atoms with E-state index in [0.29, 0.717) is 12.8 Å². The van der Waals surface area contributed by atoms with Crippen molar-refractivity contribution in [2.45, 2.75) is 26.7 Å². The van der Waals surface area contributed by atoms with Crippen LogP contribution in [0.5, 0.6) is 0 Å². The molecule has 0 aliphatic heterocycles. The number of nitrogens with one attached hydrogen (secondary N) is 1. The van der Waals surface area contributed by atoms with Crippen molar-refractivity contribution in [1.29, 1.82) is 0 Å². The van der Waals surface area contributed by atoms with E-state index in [1.165, 1.54) is 0 Å². The van der Waals surface area contributed by atoms with Crippen LogP contribution >= 0.6 is 0 Å². The van der Waals surface area contributed by atoms with Crippen LogP contribution in [-0.4, -0.2) is 43.5 Å². The quantitative estimate of drug-likeness (QED) is 0.555. The number of carboxylic acid groups (broad SMARTS) is 1. The molecule has 0 aromatic carbocycles. The molecule has 0 aromatic rings. The van der Waals surface area contributed by atoms with Gasteiger partial charge in [0, 0.05) is 13.2 Å². The van der Waals surface area contributed by atoms with Crippen LogP contribution in [0, 0.1) is 5.41 Å². The molecule has 96 valence electrons. The van der Waals surface area contributed by atoms with E-state index >= 15 is 0 Å². The van der Waals surface area contributed by atoms with E-state index in [4.69, 9.17) is 10.2 Å². The molecule has 0 rings (SSSR count). The minimum absolute atomic E-state index is 0.0608. The maximum absolute atomic E-state index is 11.2. The van der Waals surface area contributed by atoms with Crippen molar-refractivity contribution in [3.63, 3.8) is 0 Å². The Labute approximate surface area is 95.7 Å². The highest BCUT2D eigenvalue weighted by atomic mass is 32.2. The van der Waals surface area contributed by atoms with Crippen molar-refractivity contribution in [2.75, 3.05) is 18.9 Å². The first-order valence-corrected chi connectivity index (χ1v) is 6.64. The molecule has 0 amide bonds. The van der Waals surface area contributed by atoms with Crippen LogP contribution in [0.15, 0.2) is 0 Å². The van der Waals surface area contributed by atoms with Gasteiger partial charge in [0.25, 0.3) is 0 Å². The third-order valence-electron chi connectivity index (χ3n) is 2.10. The zero-order chi connectivity index (χ0) is 12.8. The highest BCUT2D eigenvalue weighted by Crippen LogP contribution is 2.20. The maximum Gasteiger partial charge on any atom is 0.320 e. The van der Waals surface area contributed by atoms with Crippen LogP contribution in [0.1, 0.15) is 26.7 Å². The van der Waals surface area contributed by atoms with E-state index in [1.54, 1.807) is 0 Å². The van der Waals surface area contributed by atoms with E-state index in [2.05, 4.69) is 4.72 Å². The van der Waals surface area contributed by atoms with Gasteiger partial charge in [-0.15, -0.1) is 0 Å². The second kappa shape index (κ2) is 6.17. The minimum atomic E-state index is -3.75. The molecule has 0 aliphatic rings. The number of rotatable bonds is 8. The van der Waals surface area contributed by atoms with Gasteiger partial charge in [0.2, 0.25) is 10.0 Å². The number of hydrogen-bond donors (Lipinski definition) is 3. The number of sulfonamides is 1. The molecule has 0 bridgehead atoms. The third kappa shape index (κ3) is 7.61. The molecule has 0 aliphatic carbocycles. The average Bonchev–Trinajstić information content (AvgIpc) is 2.10. The number of aliphatic hydroxyl groups is 1. The first kappa shape index (κ1) is 15.3. The number of carboxylic acids is 1. The van der Waals surface area contributed by atoms with Gasteiger partial charge in [-0.05, 0) is 18.3 Å². The number of hydrogen-bond acceptors (Lipinski definition) is 4. The van der Waals surface area contributed by atoms with Crippen molar-refractivity contribution in [3.8, 4) is 0 Å². The molecule has 0 atom stereocenters. The summed E-state index contributed by atoms with van der Waals surface area (Å²) < 4.78 is 24.7. The fourth-order valence-electron chi connectivity index (χ4n) is 1.16. The molecule has 0 saturated carbocycles. The lowest BCUT2D eigenvalue weighted by atomic mass is 9.88. The van der Waals surface area contributed by atoms with E-state index < -0.39 is 21.7 Å². The number of aliphatic hydroxyl groups excluding tert-OH is 1. The van der Waals surface area contributed by atoms with Crippen LogP contribution in [-0.2, 0) is 14.8 Å². The lowest BCUT2D eigenvalue weighted by Crippen LogP contribution is -2.37. The highest BCUT2D eigenvalue weighted by molar-refractivity contribution is 7.90. The van der Waals surface area contributed by atoms with Crippen molar-refractivity contribution in [2.24, 2.45) is 5.41 Å². The van der Waals surface area contributed by atoms with Gasteiger partial charge in [-0.3, -0.25) is 4.79 Å². The predicted octanol–water partition coefficient (Wildman–Crippen LogP) is -0.211. The average molecular weight is 253 g/mol. The molecule has 0 fully saturated rings. The lowest BCUT2D eigenvalue weighted by molar-refractivity contribution is -0.134. The largest absolute Gasteiger partial charge is 0.480 e. The second-order valence-corrected chi connectivity index (χ2v) is 6.27. The summed E-state index contributed by atoms with van der Waals surface area (Å²) >= 11 is 0. The molecule has 3 N–H and O–H groups in total. The zero-order valence-corrected chi connectivity index (χ0v) is 10.4. The molecule has 6 nitrogen and oxygen atoms in total. The van der Waals surface area contributed by atoms with Gasteiger partial charge < -0.3 is 10.2 Å². The lowest BCUT2D eigenvalue weighted by Gasteiger charge is -2.24. The Morgan fingerprint density at radius 3 is 2.38 bits per heavy atom. The first-order valence-electron chi connectivity index (χ1n) is 4.98. The molecule has 7 heteroatoms. The van der Waals surface area contributed by atoms with Crippen molar-refractivity contribution in [1.82, 2.24) is 4.72 Å². The third-order valence-corrected chi connectivity index (χ3v) is 3.31. The van der Waals surface area contributed by atoms with Gasteiger partial charge in [-0.2, -0.15) is 0 Å². The summed E-state index contributed by atoms with van der Waals surface area (Å²) in [6.07, 6.45) is 1.26. The maximum atomic E-state index is 11.2. The standard InChI is InChI=1S/C9H19NO5S/c1-9(2,4-3-5-11)7-10-16(14,15)6-8(12)13/h10-11H,3-7H2,1-2H3,(H,12,13). The molecule has 16 heavy (non-hydrogen) atoms. The first-order chi connectivity index (χ1) is 7.18. The molecular weight excluding hydrogens is 234 g/mol. The van der Waals surface area contributed by atoms with Crippen LogP contribution in [0.25, 0.3) is 0 Å². The Morgan fingerprint density at radius 1 is 1.38 bits per heavy atom. The van der Waals surface area contributed by atoms with Crippen molar-refractivity contribution < 1.29 is 23.4 Å². The number of aliphatic carboxylic acids is 1. The Hall–Kier alpha value is -0.660. The van der Waals surface area contributed by atoms with Gasteiger partial charge >= 0.3 is 5.97 Å². The number of carbonyl (C=O) groups is 1. The van der Waals surface area contributed by atoms with Gasteiger partial charge in [0.1, 0.15) is 0 Å². The summed E-state index contributed by atoms with van der Waals surface area (Å²) in [5.41, 5.74) is -0.297. The molecular formula is C9H19NO5S. The van der Waals surface area contributed by atoms with E-state index in [0.717, 1.165) is 0 Å². The zero-order valence-electron chi connectivity index (χ0n) is 9.56. The predicted molar refractivity (Wildman–Crippen MR) is 59.5 cm³/mol. The summed E-state index contributed by atoms with van der Waals surface area (Å²) in [5, 5.41) is 17.0. The molecule has 0 heterocycles. The summed E-state index contributed by atoms with van der Waals surface area (Å²) in [4.78, 5) is 10.3. The van der Waals surface area contributed by atoms with Crippen molar-refractivity contribution in [3.05, 3.63) is 0 Å². The Bertz CT molecular complexity index is 323. The van der Waals surface area contributed by atoms with Crippen molar-refractivity contribution >= 4 is 16.0 Å². The summed E-state index contributed by atoms with van der Waals surface area (Å²) in [5.74, 6) is -2.29. The Balaban J connectivity index is 4.17. The molecule has 0 unspecified atom stereocenters. The van der Waals surface area contributed by atoms with Gasteiger partial charge in [0.15, 0.2) is 5.75 Å². The van der Waals surface area contributed by atoms with Crippen LogP contribution in [0.4, 0.5) is 0 Å². The normalized spacial score (nSPS) is 12.7. The van der Waals surface area contributed by atoms with Crippen LogP contribution in [0.2, 0.25) is 0 Å².